The maximum absolute atomic E-state index is 12.0. The molecule has 3 aliphatic heterocycles. The van der Waals surface area contributed by atoms with Crippen molar-refractivity contribution >= 4 is 18.1 Å². The Hall–Kier alpha value is -1.49. The van der Waals surface area contributed by atoms with E-state index >= 15 is 0 Å². The van der Waals surface area contributed by atoms with Crippen LogP contribution in [0.1, 0.15) is 6.42 Å². The van der Waals surface area contributed by atoms with Gasteiger partial charge in [0, 0.05) is 13.0 Å². The van der Waals surface area contributed by atoms with Crippen molar-refractivity contribution in [1.29, 1.82) is 0 Å². The van der Waals surface area contributed by atoms with E-state index in [0.29, 0.717) is 0 Å². The number of hydrogen-bond acceptors (Lipinski definition) is 4. The van der Waals surface area contributed by atoms with E-state index < -0.39 is 0 Å². The van der Waals surface area contributed by atoms with Gasteiger partial charge in [-0.15, -0.1) is 0 Å². The number of ether oxygens (including phenoxy) is 1. The van der Waals surface area contributed by atoms with Crippen molar-refractivity contribution in [3.05, 3.63) is 12.2 Å². The van der Waals surface area contributed by atoms with Gasteiger partial charge < -0.3 is 9.53 Å². The Morgan fingerprint density at radius 3 is 2.25 bits per heavy atom. The molecular weight excluding hydrogens is 210 g/mol. The number of imide groups is 1. The van der Waals surface area contributed by atoms with Gasteiger partial charge in [0.1, 0.15) is 6.29 Å². The average molecular weight is 221 g/mol. The quantitative estimate of drug-likeness (QED) is 0.366. The van der Waals surface area contributed by atoms with Crippen LogP contribution in [-0.4, -0.2) is 41.8 Å². The second-order valence-electron chi connectivity index (χ2n) is 4.29. The predicted molar refractivity (Wildman–Crippen MR) is 52.2 cm³/mol. The molecule has 5 heteroatoms. The zero-order valence-electron chi connectivity index (χ0n) is 8.54. The topological polar surface area (TPSA) is 63.7 Å². The molecule has 2 fully saturated rings. The standard InChI is InChI=1S/C11H11NO4/c13-5-1-4-12-10(14)8-6-2-3-7(16-6)9(8)11(12)15/h2-3,5-9H,1,4H2. The Morgan fingerprint density at radius 1 is 1.19 bits per heavy atom. The number of aldehydes is 1. The van der Waals surface area contributed by atoms with Crippen molar-refractivity contribution in [1.82, 2.24) is 4.90 Å². The molecular formula is C11H11NO4. The number of amides is 2. The lowest BCUT2D eigenvalue weighted by Crippen LogP contribution is -2.35. The van der Waals surface area contributed by atoms with E-state index in [1.54, 1.807) is 0 Å². The smallest absolute Gasteiger partial charge is 0.236 e. The van der Waals surface area contributed by atoms with Crippen LogP contribution in [0.15, 0.2) is 12.2 Å². The molecule has 0 aromatic carbocycles. The molecule has 5 nitrogen and oxygen atoms in total. The van der Waals surface area contributed by atoms with Gasteiger partial charge in [-0.3, -0.25) is 14.5 Å². The highest BCUT2D eigenvalue weighted by Gasteiger charge is 2.60. The van der Waals surface area contributed by atoms with Gasteiger partial charge in [0.05, 0.1) is 24.0 Å². The van der Waals surface area contributed by atoms with Crippen LogP contribution >= 0.6 is 0 Å². The summed E-state index contributed by atoms with van der Waals surface area (Å²) in [5.41, 5.74) is 0. The van der Waals surface area contributed by atoms with Crippen molar-refractivity contribution in [2.75, 3.05) is 6.54 Å². The molecule has 0 spiro atoms. The molecule has 4 atom stereocenters. The van der Waals surface area contributed by atoms with Crippen molar-refractivity contribution < 1.29 is 19.1 Å². The Labute approximate surface area is 92.0 Å². The second kappa shape index (κ2) is 3.25. The minimum atomic E-state index is -0.353. The van der Waals surface area contributed by atoms with Crippen LogP contribution in [0.4, 0.5) is 0 Å². The highest BCUT2D eigenvalue weighted by molar-refractivity contribution is 6.06. The van der Waals surface area contributed by atoms with E-state index in [9.17, 15) is 14.4 Å². The summed E-state index contributed by atoms with van der Waals surface area (Å²) in [5.74, 6) is -1.08. The predicted octanol–water partition coefficient (Wildman–Crippen LogP) is -0.486. The van der Waals surface area contributed by atoms with Crippen LogP contribution in [0, 0.1) is 11.8 Å². The zero-order chi connectivity index (χ0) is 11.3. The van der Waals surface area contributed by atoms with Crippen LogP contribution in [0.2, 0.25) is 0 Å². The minimum Gasteiger partial charge on any atom is -0.365 e. The monoisotopic (exact) mass is 221 g/mol. The molecule has 2 amide bonds. The number of nitrogens with zero attached hydrogens (tertiary/aromatic N) is 1. The third-order valence-electron chi connectivity index (χ3n) is 3.47. The molecule has 16 heavy (non-hydrogen) atoms. The maximum atomic E-state index is 12.0. The largest absolute Gasteiger partial charge is 0.365 e. The summed E-state index contributed by atoms with van der Waals surface area (Å²) < 4.78 is 5.48. The first-order valence-electron chi connectivity index (χ1n) is 5.36. The van der Waals surface area contributed by atoms with Crippen LogP contribution in [0.5, 0.6) is 0 Å². The molecule has 0 radical (unpaired) electrons. The zero-order valence-corrected chi connectivity index (χ0v) is 8.54. The number of likely N-dealkylation sites (tertiary alicyclic amines) is 1. The van der Waals surface area contributed by atoms with Gasteiger partial charge in [-0.05, 0) is 0 Å². The summed E-state index contributed by atoms with van der Waals surface area (Å²) >= 11 is 0. The van der Waals surface area contributed by atoms with Crippen molar-refractivity contribution in [3.8, 4) is 0 Å². The van der Waals surface area contributed by atoms with E-state index in [0.717, 1.165) is 6.29 Å². The minimum absolute atomic E-state index is 0.186. The Balaban J connectivity index is 1.86. The molecule has 0 aromatic heterocycles. The number of carbonyl (C=O) groups is 3. The Bertz CT molecular complexity index is 373. The Morgan fingerprint density at radius 2 is 1.75 bits per heavy atom. The highest BCUT2D eigenvalue weighted by Crippen LogP contribution is 2.44. The molecule has 0 saturated carbocycles. The first-order valence-corrected chi connectivity index (χ1v) is 5.36. The third-order valence-corrected chi connectivity index (χ3v) is 3.47. The summed E-state index contributed by atoms with van der Waals surface area (Å²) in [6, 6.07) is 0. The summed E-state index contributed by atoms with van der Waals surface area (Å²) in [6.07, 6.45) is 4.14. The van der Waals surface area contributed by atoms with Gasteiger partial charge in [0.15, 0.2) is 0 Å². The van der Waals surface area contributed by atoms with Gasteiger partial charge >= 0.3 is 0 Å². The van der Waals surface area contributed by atoms with Crippen molar-refractivity contribution in [2.45, 2.75) is 18.6 Å². The van der Waals surface area contributed by atoms with E-state index in [4.69, 9.17) is 4.74 Å². The van der Waals surface area contributed by atoms with E-state index in [-0.39, 0.29) is 48.8 Å². The third kappa shape index (κ3) is 1.06. The van der Waals surface area contributed by atoms with Crippen molar-refractivity contribution in [3.63, 3.8) is 0 Å². The molecule has 4 unspecified atom stereocenters. The first kappa shape index (κ1) is 9.72. The summed E-state index contributed by atoms with van der Waals surface area (Å²) in [5, 5.41) is 0. The fourth-order valence-corrected chi connectivity index (χ4v) is 2.77. The molecule has 0 aromatic rings. The molecule has 0 aliphatic carbocycles. The molecule has 3 heterocycles. The normalized spacial score (nSPS) is 39.6. The fourth-order valence-electron chi connectivity index (χ4n) is 2.77. The fraction of sp³-hybridized carbons (Fsp3) is 0.545. The van der Waals surface area contributed by atoms with Gasteiger partial charge in [0.25, 0.3) is 0 Å². The molecule has 3 rings (SSSR count). The van der Waals surface area contributed by atoms with E-state index in [1.807, 2.05) is 12.2 Å². The molecule has 3 aliphatic rings. The lowest BCUT2D eigenvalue weighted by molar-refractivity contribution is -0.142. The van der Waals surface area contributed by atoms with E-state index in [2.05, 4.69) is 0 Å². The number of carbonyl (C=O) groups excluding carboxylic acids is 3. The van der Waals surface area contributed by atoms with Crippen LogP contribution in [0.3, 0.4) is 0 Å². The summed E-state index contributed by atoms with van der Waals surface area (Å²) in [6.45, 7) is 0.202. The van der Waals surface area contributed by atoms with Gasteiger partial charge in [-0.2, -0.15) is 0 Å². The Kier molecular flexibility index (Phi) is 1.97. The molecule has 2 saturated heterocycles. The van der Waals surface area contributed by atoms with Crippen molar-refractivity contribution in [2.24, 2.45) is 11.8 Å². The average Bonchev–Trinajstić information content (AvgIpc) is 2.92. The maximum Gasteiger partial charge on any atom is 0.236 e. The molecule has 0 N–H and O–H groups in total. The first-order chi connectivity index (χ1) is 7.74. The molecule has 2 bridgehead atoms. The van der Waals surface area contributed by atoms with Gasteiger partial charge in [0.2, 0.25) is 11.8 Å². The second-order valence-corrected chi connectivity index (χ2v) is 4.29. The van der Waals surface area contributed by atoms with Gasteiger partial charge in [-0.25, -0.2) is 0 Å². The number of hydrogen-bond donors (Lipinski definition) is 0. The highest BCUT2D eigenvalue weighted by atomic mass is 16.5. The van der Waals surface area contributed by atoms with E-state index in [1.165, 1.54) is 4.90 Å². The van der Waals surface area contributed by atoms with Gasteiger partial charge in [-0.1, -0.05) is 12.2 Å². The van der Waals surface area contributed by atoms with Crippen LogP contribution < -0.4 is 0 Å². The number of fused-ring (bicyclic) bond motifs is 5. The molecule has 84 valence electrons. The van der Waals surface area contributed by atoms with Crippen LogP contribution in [-0.2, 0) is 19.1 Å². The summed E-state index contributed by atoms with van der Waals surface area (Å²) in [4.78, 5) is 35.4. The SMILES string of the molecule is O=CCCN1C(=O)C2C3C=CC(O3)C2C1=O. The lowest BCUT2D eigenvalue weighted by atomic mass is 9.85. The lowest BCUT2D eigenvalue weighted by Gasteiger charge is -2.15. The number of rotatable bonds is 3. The van der Waals surface area contributed by atoms with Crippen LogP contribution in [0.25, 0.3) is 0 Å². The summed E-state index contributed by atoms with van der Waals surface area (Å²) in [7, 11) is 0.